The second-order valence-electron chi connectivity index (χ2n) is 5.65. The van der Waals surface area contributed by atoms with Crippen molar-refractivity contribution in [3.05, 3.63) is 78.0 Å². The summed E-state index contributed by atoms with van der Waals surface area (Å²) in [6.45, 7) is 0. The Morgan fingerprint density at radius 2 is 1.87 bits per heavy atom. The first-order valence-corrected chi connectivity index (χ1v) is 7.58. The van der Waals surface area contributed by atoms with Gasteiger partial charge in [0.2, 0.25) is 5.78 Å². The van der Waals surface area contributed by atoms with Crippen molar-refractivity contribution in [2.75, 3.05) is 0 Å². The first-order chi connectivity index (χ1) is 11.3. The van der Waals surface area contributed by atoms with E-state index in [0.29, 0.717) is 6.42 Å². The Balaban J connectivity index is 1.52. The SMILES string of the molecule is O=C(c1ncco1)C1Cc2ccc(Oc3ccccc3)cc2C1. The largest absolute Gasteiger partial charge is 0.457 e. The zero-order valence-electron chi connectivity index (χ0n) is 12.4. The molecule has 0 spiro atoms. The van der Waals surface area contributed by atoms with Crippen molar-refractivity contribution >= 4 is 5.78 Å². The molecule has 0 fully saturated rings. The van der Waals surface area contributed by atoms with Crippen molar-refractivity contribution in [1.82, 2.24) is 4.98 Å². The molecule has 4 heteroatoms. The number of ether oxygens (including phenoxy) is 1. The van der Waals surface area contributed by atoms with Gasteiger partial charge in [0, 0.05) is 5.92 Å². The summed E-state index contributed by atoms with van der Waals surface area (Å²) in [5.74, 6) is 1.66. The molecule has 1 atom stereocenters. The van der Waals surface area contributed by atoms with E-state index >= 15 is 0 Å². The number of carbonyl (C=O) groups excluding carboxylic acids is 1. The third-order valence-electron chi connectivity index (χ3n) is 4.10. The van der Waals surface area contributed by atoms with Crippen molar-refractivity contribution in [3.8, 4) is 11.5 Å². The normalized spacial score (nSPS) is 16.1. The van der Waals surface area contributed by atoms with E-state index in [1.54, 1.807) is 0 Å². The molecule has 0 radical (unpaired) electrons. The fourth-order valence-corrected chi connectivity index (χ4v) is 2.99. The highest BCUT2D eigenvalue weighted by Gasteiger charge is 2.30. The van der Waals surface area contributed by atoms with Gasteiger partial charge in [0.1, 0.15) is 17.8 Å². The number of fused-ring (bicyclic) bond motifs is 1. The third kappa shape index (κ3) is 2.75. The molecule has 0 N–H and O–H groups in total. The molecule has 1 unspecified atom stereocenters. The second kappa shape index (κ2) is 5.72. The number of aromatic nitrogens is 1. The highest BCUT2D eigenvalue weighted by Crippen LogP contribution is 2.33. The molecule has 0 aliphatic heterocycles. The minimum atomic E-state index is -0.101. The Morgan fingerprint density at radius 3 is 2.65 bits per heavy atom. The smallest absolute Gasteiger partial charge is 0.263 e. The van der Waals surface area contributed by atoms with Gasteiger partial charge in [0.05, 0.1) is 6.20 Å². The number of oxazole rings is 1. The highest BCUT2D eigenvalue weighted by molar-refractivity contribution is 5.94. The predicted molar refractivity (Wildman–Crippen MR) is 84.7 cm³/mol. The van der Waals surface area contributed by atoms with Crippen LogP contribution in [0.1, 0.15) is 21.8 Å². The van der Waals surface area contributed by atoms with Crippen LogP contribution in [0, 0.1) is 5.92 Å². The van der Waals surface area contributed by atoms with Crippen LogP contribution in [0.3, 0.4) is 0 Å². The summed E-state index contributed by atoms with van der Waals surface area (Å²) < 4.78 is 11.0. The van der Waals surface area contributed by atoms with Crippen LogP contribution in [0.2, 0.25) is 0 Å². The number of para-hydroxylation sites is 1. The van der Waals surface area contributed by atoms with Crippen LogP contribution >= 0.6 is 0 Å². The maximum Gasteiger partial charge on any atom is 0.263 e. The summed E-state index contributed by atoms with van der Waals surface area (Å²) in [4.78, 5) is 16.3. The summed E-state index contributed by atoms with van der Waals surface area (Å²) in [6.07, 6.45) is 4.35. The lowest BCUT2D eigenvalue weighted by atomic mass is 10.0. The number of Topliss-reactive ketones (excluding diaryl/α,β-unsaturated/α-hetero) is 1. The second-order valence-corrected chi connectivity index (χ2v) is 5.65. The lowest BCUT2D eigenvalue weighted by Crippen LogP contribution is -2.15. The molecule has 2 aromatic carbocycles. The van der Waals surface area contributed by atoms with Crippen molar-refractivity contribution in [1.29, 1.82) is 0 Å². The van der Waals surface area contributed by atoms with E-state index < -0.39 is 0 Å². The van der Waals surface area contributed by atoms with E-state index in [4.69, 9.17) is 9.15 Å². The first kappa shape index (κ1) is 13.8. The average Bonchev–Trinajstić information content (AvgIpc) is 3.24. The maximum absolute atomic E-state index is 12.4. The van der Waals surface area contributed by atoms with E-state index in [2.05, 4.69) is 4.98 Å². The van der Waals surface area contributed by atoms with Gasteiger partial charge in [0.25, 0.3) is 5.89 Å². The molecule has 4 rings (SSSR count). The molecule has 1 heterocycles. The minimum Gasteiger partial charge on any atom is -0.457 e. The van der Waals surface area contributed by atoms with Gasteiger partial charge >= 0.3 is 0 Å². The lowest BCUT2D eigenvalue weighted by Gasteiger charge is -2.07. The molecule has 1 aromatic heterocycles. The fourth-order valence-electron chi connectivity index (χ4n) is 2.99. The molecular weight excluding hydrogens is 290 g/mol. The van der Waals surface area contributed by atoms with Gasteiger partial charge in [-0.2, -0.15) is 0 Å². The summed E-state index contributed by atoms with van der Waals surface area (Å²) >= 11 is 0. The van der Waals surface area contributed by atoms with Crippen LogP contribution in [0.25, 0.3) is 0 Å². The summed E-state index contributed by atoms with van der Waals surface area (Å²) in [6, 6.07) is 15.7. The average molecular weight is 305 g/mol. The number of nitrogens with zero attached hydrogens (tertiary/aromatic N) is 1. The van der Waals surface area contributed by atoms with Gasteiger partial charge in [-0.15, -0.1) is 0 Å². The molecule has 3 aromatic rings. The summed E-state index contributed by atoms with van der Waals surface area (Å²) in [5.41, 5.74) is 2.35. The van der Waals surface area contributed by atoms with Crippen LogP contribution in [0.15, 0.2) is 65.4 Å². The zero-order valence-corrected chi connectivity index (χ0v) is 12.4. The predicted octanol–water partition coefficient (Wildman–Crippen LogP) is 4.06. The Kier molecular flexibility index (Phi) is 3.42. The number of carbonyl (C=O) groups is 1. The quantitative estimate of drug-likeness (QED) is 0.682. The standard InChI is InChI=1S/C19H15NO3/c21-18(19-20-8-9-22-19)15-10-13-6-7-17(12-14(13)11-15)23-16-4-2-1-3-5-16/h1-9,12,15H,10-11H2. The first-order valence-electron chi connectivity index (χ1n) is 7.58. The maximum atomic E-state index is 12.4. The number of hydrogen-bond acceptors (Lipinski definition) is 4. The van der Waals surface area contributed by atoms with Crippen LogP contribution in [-0.2, 0) is 12.8 Å². The van der Waals surface area contributed by atoms with E-state index in [-0.39, 0.29) is 17.6 Å². The number of hydrogen-bond donors (Lipinski definition) is 0. The molecule has 0 bridgehead atoms. The Bertz CT molecular complexity index is 825. The zero-order chi connectivity index (χ0) is 15.6. The van der Waals surface area contributed by atoms with Crippen LogP contribution < -0.4 is 4.74 Å². The van der Waals surface area contributed by atoms with Crippen molar-refractivity contribution in [2.24, 2.45) is 5.92 Å². The van der Waals surface area contributed by atoms with Crippen molar-refractivity contribution in [2.45, 2.75) is 12.8 Å². The summed E-state index contributed by atoms with van der Waals surface area (Å²) in [5, 5.41) is 0. The molecule has 0 amide bonds. The van der Waals surface area contributed by atoms with Gasteiger partial charge in [-0.25, -0.2) is 4.98 Å². The monoisotopic (exact) mass is 305 g/mol. The van der Waals surface area contributed by atoms with E-state index in [1.165, 1.54) is 18.0 Å². The van der Waals surface area contributed by atoms with Gasteiger partial charge < -0.3 is 9.15 Å². The fraction of sp³-hybridized carbons (Fsp3) is 0.158. The van der Waals surface area contributed by atoms with Gasteiger partial charge in [0.15, 0.2) is 0 Å². The van der Waals surface area contributed by atoms with E-state index in [1.807, 2.05) is 48.5 Å². The molecule has 1 aliphatic rings. The highest BCUT2D eigenvalue weighted by atomic mass is 16.5. The Hall–Kier alpha value is -2.88. The van der Waals surface area contributed by atoms with Gasteiger partial charge in [-0.3, -0.25) is 4.79 Å². The summed E-state index contributed by atoms with van der Waals surface area (Å²) in [7, 11) is 0. The lowest BCUT2D eigenvalue weighted by molar-refractivity contribution is 0.0889. The molecule has 1 aliphatic carbocycles. The van der Waals surface area contributed by atoms with Crippen molar-refractivity contribution in [3.63, 3.8) is 0 Å². The number of rotatable bonds is 4. The van der Waals surface area contributed by atoms with Gasteiger partial charge in [-0.1, -0.05) is 24.3 Å². The van der Waals surface area contributed by atoms with Gasteiger partial charge in [-0.05, 0) is 48.2 Å². The molecule has 4 nitrogen and oxygen atoms in total. The number of ketones is 1. The third-order valence-corrected chi connectivity index (χ3v) is 4.10. The van der Waals surface area contributed by atoms with Crippen molar-refractivity contribution < 1.29 is 13.9 Å². The Morgan fingerprint density at radius 1 is 1.04 bits per heavy atom. The number of benzene rings is 2. The molecule has 0 saturated heterocycles. The van der Waals surface area contributed by atoms with Crippen LogP contribution in [-0.4, -0.2) is 10.8 Å². The van der Waals surface area contributed by atoms with Crippen LogP contribution in [0.5, 0.6) is 11.5 Å². The molecule has 114 valence electrons. The minimum absolute atomic E-state index is 0.0308. The topological polar surface area (TPSA) is 52.3 Å². The molecule has 23 heavy (non-hydrogen) atoms. The van der Waals surface area contributed by atoms with E-state index in [0.717, 1.165) is 23.5 Å². The van der Waals surface area contributed by atoms with E-state index in [9.17, 15) is 4.79 Å². The van der Waals surface area contributed by atoms with Crippen LogP contribution in [0.4, 0.5) is 0 Å². The Labute approximate surface area is 133 Å². The molecule has 0 saturated carbocycles. The molecular formula is C19H15NO3.